The Morgan fingerprint density at radius 3 is 1.98 bits per heavy atom. The van der Waals surface area contributed by atoms with Gasteiger partial charge in [-0.3, -0.25) is 14.3 Å². The van der Waals surface area contributed by atoms with Crippen molar-refractivity contribution >= 4 is 8.32 Å². The molecule has 2 heterocycles. The van der Waals surface area contributed by atoms with Crippen molar-refractivity contribution in [3.05, 3.63) is 134 Å². The van der Waals surface area contributed by atoms with E-state index in [0.717, 1.165) is 22.4 Å². The molecule has 1 fully saturated rings. The van der Waals surface area contributed by atoms with E-state index >= 15 is 0 Å². The van der Waals surface area contributed by atoms with Gasteiger partial charge in [0, 0.05) is 18.2 Å². The number of ether oxygens (including phenoxy) is 3. The van der Waals surface area contributed by atoms with Crippen LogP contribution in [0.15, 0.2) is 101 Å². The van der Waals surface area contributed by atoms with E-state index in [4.69, 9.17) is 18.6 Å². The Morgan fingerprint density at radius 1 is 0.889 bits per heavy atom. The molecule has 238 valence electrons. The van der Waals surface area contributed by atoms with Crippen molar-refractivity contribution < 1.29 is 18.6 Å². The molecular formula is C36H44N2O6Si. The van der Waals surface area contributed by atoms with Gasteiger partial charge in [0.05, 0.1) is 19.8 Å². The van der Waals surface area contributed by atoms with Crippen LogP contribution < -0.4 is 16.0 Å². The normalized spacial score (nSPS) is 19.0. The number of nitrogens with zero attached hydrogens (tertiary/aromatic N) is 1. The first-order valence-electron chi connectivity index (χ1n) is 15.4. The minimum atomic E-state index is -2.25. The van der Waals surface area contributed by atoms with Crippen LogP contribution >= 0.6 is 0 Å². The zero-order chi connectivity index (χ0) is 32.4. The summed E-state index contributed by atoms with van der Waals surface area (Å²) < 4.78 is 27.7. The lowest BCUT2D eigenvalue weighted by atomic mass is 9.80. The summed E-state index contributed by atoms with van der Waals surface area (Å²) in [4.78, 5) is 27.5. The Bertz CT molecular complexity index is 1650. The summed E-state index contributed by atoms with van der Waals surface area (Å²) in [6, 6.07) is 28.3. The molecule has 0 unspecified atom stereocenters. The van der Waals surface area contributed by atoms with Gasteiger partial charge in [-0.05, 0) is 53.9 Å². The van der Waals surface area contributed by atoms with Crippen molar-refractivity contribution in [2.45, 2.75) is 76.3 Å². The van der Waals surface area contributed by atoms with Gasteiger partial charge in [0.15, 0.2) is 8.32 Å². The Morgan fingerprint density at radius 2 is 1.44 bits per heavy atom. The van der Waals surface area contributed by atoms with Gasteiger partial charge in [-0.15, -0.1) is 0 Å². The molecule has 0 saturated carbocycles. The maximum Gasteiger partial charge on any atom is 0.330 e. The highest BCUT2D eigenvalue weighted by Gasteiger charge is 2.47. The van der Waals surface area contributed by atoms with Crippen molar-refractivity contribution in [2.75, 3.05) is 13.7 Å². The molecule has 0 amide bonds. The molecule has 1 saturated heterocycles. The van der Waals surface area contributed by atoms with Crippen molar-refractivity contribution in [1.82, 2.24) is 9.55 Å². The number of methoxy groups -OCH3 is 1. The van der Waals surface area contributed by atoms with E-state index in [-0.39, 0.29) is 17.7 Å². The van der Waals surface area contributed by atoms with Crippen molar-refractivity contribution in [2.24, 2.45) is 0 Å². The number of aromatic nitrogens is 2. The second kappa shape index (κ2) is 12.9. The fourth-order valence-electron chi connectivity index (χ4n) is 5.63. The first kappa shape index (κ1) is 32.6. The minimum absolute atomic E-state index is 0.0389. The van der Waals surface area contributed by atoms with Gasteiger partial charge in [-0.1, -0.05) is 93.6 Å². The van der Waals surface area contributed by atoms with E-state index in [0.29, 0.717) is 12.0 Å². The standard InChI is InChI=1S/C36H44N2O6Si/c1-25-23-38(34(40)37-33(25)39)32-22-30(44-45(6,7)35(2,3)4)31(43-32)24-42-36(26-14-10-8-11-15-26,27-16-12-9-13-17-27)28-18-20-29(41-5)21-19-28/h8-21,23,30-32H,22,24H2,1-7H3,(H,37,39,40)/t30-,31+,32+/m0/s1. The van der Waals surface area contributed by atoms with Crippen molar-refractivity contribution in [3.8, 4) is 5.75 Å². The van der Waals surface area contributed by atoms with Crippen molar-refractivity contribution in [3.63, 3.8) is 0 Å². The molecule has 1 N–H and O–H groups in total. The molecule has 3 aromatic carbocycles. The Labute approximate surface area is 266 Å². The lowest BCUT2D eigenvalue weighted by Crippen LogP contribution is -2.47. The van der Waals surface area contributed by atoms with E-state index in [1.54, 1.807) is 20.2 Å². The first-order valence-corrected chi connectivity index (χ1v) is 18.3. The fraction of sp³-hybridized carbons (Fsp3) is 0.389. The number of aromatic amines is 1. The summed E-state index contributed by atoms with van der Waals surface area (Å²) in [5.74, 6) is 0.750. The summed E-state index contributed by atoms with van der Waals surface area (Å²) >= 11 is 0. The number of benzene rings is 3. The van der Waals surface area contributed by atoms with Crippen molar-refractivity contribution in [1.29, 1.82) is 0 Å². The third-order valence-corrected chi connectivity index (χ3v) is 13.7. The molecule has 0 aliphatic carbocycles. The molecule has 1 aliphatic heterocycles. The van der Waals surface area contributed by atoms with Gasteiger partial charge in [-0.2, -0.15) is 0 Å². The number of hydrogen-bond acceptors (Lipinski definition) is 6. The van der Waals surface area contributed by atoms with Crippen LogP contribution in [0.25, 0.3) is 0 Å². The van der Waals surface area contributed by atoms with Crippen LogP contribution in [-0.4, -0.2) is 43.8 Å². The average molecular weight is 629 g/mol. The predicted octanol–water partition coefficient (Wildman–Crippen LogP) is 6.54. The fourth-order valence-corrected chi connectivity index (χ4v) is 6.99. The van der Waals surface area contributed by atoms with Crippen LogP contribution in [0.4, 0.5) is 0 Å². The lowest BCUT2D eigenvalue weighted by Gasteiger charge is -2.40. The van der Waals surface area contributed by atoms with Gasteiger partial charge < -0.3 is 18.6 Å². The molecule has 1 aliphatic rings. The first-order chi connectivity index (χ1) is 21.4. The highest BCUT2D eigenvalue weighted by atomic mass is 28.4. The number of aryl methyl sites for hydroxylation is 1. The molecule has 4 aromatic rings. The smallest absolute Gasteiger partial charge is 0.330 e. The van der Waals surface area contributed by atoms with E-state index in [1.807, 2.05) is 60.7 Å². The van der Waals surface area contributed by atoms with Gasteiger partial charge in [0.2, 0.25) is 0 Å². The molecule has 45 heavy (non-hydrogen) atoms. The average Bonchev–Trinajstić information content (AvgIpc) is 3.41. The summed E-state index contributed by atoms with van der Waals surface area (Å²) in [5, 5.41) is -0.0389. The van der Waals surface area contributed by atoms with Gasteiger partial charge in [-0.25, -0.2) is 4.79 Å². The lowest BCUT2D eigenvalue weighted by molar-refractivity contribution is -0.0928. The third-order valence-electron chi connectivity index (χ3n) is 9.21. The molecule has 0 bridgehead atoms. The Hall–Kier alpha value is -3.76. The van der Waals surface area contributed by atoms with E-state index in [1.165, 1.54) is 4.57 Å². The third kappa shape index (κ3) is 6.62. The maximum atomic E-state index is 12.9. The highest BCUT2D eigenvalue weighted by molar-refractivity contribution is 6.74. The van der Waals surface area contributed by atoms with Crippen LogP contribution in [0.2, 0.25) is 18.1 Å². The van der Waals surface area contributed by atoms with E-state index < -0.39 is 37.5 Å². The topological polar surface area (TPSA) is 91.8 Å². The SMILES string of the molecule is COc1ccc(C(OC[C@H]2O[C@@H](n3cc(C)c(=O)[nH]c3=O)C[C@@H]2O[Si](C)(C)C(C)(C)C)(c2ccccc2)c2ccccc2)cc1. The Kier molecular flexibility index (Phi) is 9.37. The van der Waals surface area contributed by atoms with E-state index in [2.05, 4.69) is 63.1 Å². The molecule has 0 radical (unpaired) electrons. The van der Waals surface area contributed by atoms with Gasteiger partial charge >= 0.3 is 5.69 Å². The van der Waals surface area contributed by atoms with Gasteiger partial charge in [0.1, 0.15) is 23.7 Å². The molecular weight excluding hydrogens is 584 g/mol. The minimum Gasteiger partial charge on any atom is -0.497 e. The maximum absolute atomic E-state index is 12.9. The van der Waals surface area contributed by atoms with Crippen LogP contribution in [0.3, 0.4) is 0 Å². The van der Waals surface area contributed by atoms with Crippen LogP contribution in [0.1, 0.15) is 55.7 Å². The molecule has 5 rings (SSSR count). The summed E-state index contributed by atoms with van der Waals surface area (Å²) in [6.07, 6.45) is 0.551. The molecule has 9 heteroatoms. The number of H-pyrrole nitrogens is 1. The molecule has 8 nitrogen and oxygen atoms in total. The van der Waals surface area contributed by atoms with Crippen LogP contribution in [0, 0.1) is 6.92 Å². The summed E-state index contributed by atoms with van der Waals surface area (Å²) in [7, 11) is -0.596. The number of hydrogen-bond donors (Lipinski definition) is 1. The van der Waals surface area contributed by atoms with Gasteiger partial charge in [0.25, 0.3) is 5.56 Å². The quantitative estimate of drug-likeness (QED) is 0.158. The van der Waals surface area contributed by atoms with Crippen LogP contribution in [-0.2, 0) is 19.5 Å². The van der Waals surface area contributed by atoms with Crippen LogP contribution in [0.5, 0.6) is 5.75 Å². The second-order valence-corrected chi connectivity index (χ2v) is 18.0. The predicted molar refractivity (Wildman–Crippen MR) is 178 cm³/mol. The highest BCUT2D eigenvalue weighted by Crippen LogP contribution is 2.44. The zero-order valence-electron chi connectivity index (χ0n) is 27.2. The second-order valence-electron chi connectivity index (χ2n) is 13.2. The molecule has 3 atom stereocenters. The molecule has 1 aromatic heterocycles. The molecule has 0 spiro atoms. The largest absolute Gasteiger partial charge is 0.497 e. The van der Waals surface area contributed by atoms with E-state index in [9.17, 15) is 9.59 Å². The number of nitrogens with one attached hydrogen (secondary N) is 1. The number of rotatable bonds is 10. The Balaban J connectivity index is 1.58. The summed E-state index contributed by atoms with van der Waals surface area (Å²) in [6.45, 7) is 12.9. The zero-order valence-corrected chi connectivity index (χ0v) is 28.2. The summed E-state index contributed by atoms with van der Waals surface area (Å²) in [5.41, 5.74) is 1.40. The monoisotopic (exact) mass is 628 g/mol.